The predicted molar refractivity (Wildman–Crippen MR) is 80.8 cm³/mol. The molecule has 0 saturated carbocycles. The molecule has 0 radical (unpaired) electrons. The van der Waals surface area contributed by atoms with Gasteiger partial charge in [0.25, 0.3) is 0 Å². The number of hydrogen-bond donors (Lipinski definition) is 0. The summed E-state index contributed by atoms with van der Waals surface area (Å²) < 4.78 is 5.85. The van der Waals surface area contributed by atoms with Crippen LogP contribution in [-0.2, 0) is 6.42 Å². The van der Waals surface area contributed by atoms with Crippen molar-refractivity contribution in [1.82, 2.24) is 4.90 Å². The molecule has 1 aliphatic heterocycles. The van der Waals surface area contributed by atoms with Crippen molar-refractivity contribution in [2.24, 2.45) is 5.92 Å². The molecule has 1 aliphatic rings. The summed E-state index contributed by atoms with van der Waals surface area (Å²) in [5, 5.41) is 0. The summed E-state index contributed by atoms with van der Waals surface area (Å²) in [4.78, 5) is 2.43. The third-order valence-corrected chi connectivity index (χ3v) is 4.17. The van der Waals surface area contributed by atoms with Crippen molar-refractivity contribution >= 4 is 0 Å². The first kappa shape index (κ1) is 14.4. The lowest BCUT2D eigenvalue weighted by Crippen LogP contribution is -2.30. The minimum absolute atomic E-state index is 0.861. The van der Waals surface area contributed by atoms with Gasteiger partial charge in [0, 0.05) is 0 Å². The highest BCUT2D eigenvalue weighted by atomic mass is 16.5. The lowest BCUT2D eigenvalue weighted by atomic mass is 9.93. The molecule has 2 nitrogen and oxygen atoms in total. The zero-order valence-corrected chi connectivity index (χ0v) is 12.4. The van der Waals surface area contributed by atoms with Crippen molar-refractivity contribution in [1.29, 1.82) is 0 Å². The molecule has 0 bridgehead atoms. The first-order valence-electron chi connectivity index (χ1n) is 7.68. The van der Waals surface area contributed by atoms with Gasteiger partial charge in [-0.25, -0.2) is 0 Å². The van der Waals surface area contributed by atoms with E-state index in [1.54, 1.807) is 0 Å². The average molecular weight is 261 g/mol. The van der Waals surface area contributed by atoms with Crippen LogP contribution in [0.1, 0.15) is 38.2 Å². The second kappa shape index (κ2) is 7.54. The number of likely N-dealkylation sites (tertiary alicyclic amines) is 1. The summed E-state index contributed by atoms with van der Waals surface area (Å²) in [7, 11) is 2.22. The number of ether oxygens (including phenoxy) is 1. The van der Waals surface area contributed by atoms with E-state index in [2.05, 4.69) is 43.1 Å². The third kappa shape index (κ3) is 4.87. The molecule has 1 aromatic rings. The maximum atomic E-state index is 5.85. The predicted octanol–water partition coefficient (Wildman–Crippen LogP) is 3.75. The molecule has 1 heterocycles. The number of rotatable bonds is 6. The van der Waals surface area contributed by atoms with Crippen molar-refractivity contribution in [3.63, 3.8) is 0 Å². The van der Waals surface area contributed by atoms with Gasteiger partial charge in [-0.3, -0.25) is 0 Å². The molecular weight excluding hydrogens is 234 g/mol. The van der Waals surface area contributed by atoms with Gasteiger partial charge in [-0.05, 0) is 75.9 Å². The van der Waals surface area contributed by atoms with Gasteiger partial charge in [-0.1, -0.05) is 19.1 Å². The number of benzene rings is 1. The van der Waals surface area contributed by atoms with Crippen molar-refractivity contribution < 1.29 is 4.74 Å². The molecule has 106 valence electrons. The fraction of sp³-hybridized carbons (Fsp3) is 0.647. The normalized spacial score (nSPS) is 17.6. The Bertz CT molecular complexity index is 369. The Hall–Kier alpha value is -1.02. The Labute approximate surface area is 117 Å². The maximum Gasteiger partial charge on any atom is 0.119 e. The molecule has 0 amide bonds. The number of nitrogens with zero attached hydrogens (tertiary/aromatic N) is 1. The van der Waals surface area contributed by atoms with Crippen LogP contribution in [0.25, 0.3) is 0 Å². The van der Waals surface area contributed by atoms with Gasteiger partial charge < -0.3 is 9.64 Å². The van der Waals surface area contributed by atoms with Crippen LogP contribution in [0, 0.1) is 5.92 Å². The van der Waals surface area contributed by atoms with E-state index in [1.165, 1.54) is 44.3 Å². The second-order valence-electron chi connectivity index (χ2n) is 5.74. The molecule has 0 unspecified atom stereocenters. The van der Waals surface area contributed by atoms with Gasteiger partial charge in [-0.2, -0.15) is 0 Å². The highest BCUT2D eigenvalue weighted by molar-refractivity contribution is 5.28. The number of piperidine rings is 1. The molecule has 1 aromatic carbocycles. The molecule has 0 N–H and O–H groups in total. The van der Waals surface area contributed by atoms with Crippen LogP contribution in [0.3, 0.4) is 0 Å². The van der Waals surface area contributed by atoms with Gasteiger partial charge in [0.15, 0.2) is 0 Å². The molecule has 2 rings (SSSR count). The summed E-state index contributed by atoms with van der Waals surface area (Å²) in [5.74, 6) is 1.95. The first-order valence-corrected chi connectivity index (χ1v) is 7.68. The van der Waals surface area contributed by atoms with Gasteiger partial charge in [0.1, 0.15) is 5.75 Å². The van der Waals surface area contributed by atoms with Crippen LogP contribution in [0.4, 0.5) is 0 Å². The summed E-state index contributed by atoms with van der Waals surface area (Å²) in [6, 6.07) is 8.47. The van der Waals surface area contributed by atoms with Crippen molar-refractivity contribution in [3.8, 4) is 5.75 Å². The van der Waals surface area contributed by atoms with Gasteiger partial charge in [0.05, 0.1) is 6.61 Å². The highest BCUT2D eigenvalue weighted by Gasteiger charge is 2.15. The number of aryl methyl sites for hydroxylation is 1. The topological polar surface area (TPSA) is 12.5 Å². The summed E-state index contributed by atoms with van der Waals surface area (Å²) in [6.45, 7) is 5.58. The lowest BCUT2D eigenvalue weighted by molar-refractivity contribution is 0.200. The van der Waals surface area contributed by atoms with Crippen LogP contribution in [0.2, 0.25) is 0 Å². The van der Waals surface area contributed by atoms with Crippen molar-refractivity contribution in [2.75, 3.05) is 26.7 Å². The largest absolute Gasteiger partial charge is 0.494 e. The van der Waals surface area contributed by atoms with Crippen LogP contribution in [-0.4, -0.2) is 31.6 Å². The van der Waals surface area contributed by atoms with Gasteiger partial charge >= 0.3 is 0 Å². The Morgan fingerprint density at radius 1 is 1.26 bits per heavy atom. The minimum Gasteiger partial charge on any atom is -0.494 e. The van der Waals surface area contributed by atoms with Crippen LogP contribution in [0.5, 0.6) is 5.75 Å². The molecule has 0 aromatic heterocycles. The third-order valence-electron chi connectivity index (χ3n) is 4.17. The van der Waals surface area contributed by atoms with E-state index in [0.717, 1.165) is 24.7 Å². The van der Waals surface area contributed by atoms with E-state index in [-0.39, 0.29) is 0 Å². The maximum absolute atomic E-state index is 5.85. The number of hydrogen-bond acceptors (Lipinski definition) is 2. The SMILES string of the molecule is CCc1cccc(OCCCC2CCN(C)CC2)c1. The Morgan fingerprint density at radius 2 is 2.05 bits per heavy atom. The quantitative estimate of drug-likeness (QED) is 0.723. The Kier molecular flexibility index (Phi) is 5.71. The standard InChI is InChI=1S/C17H27NO/c1-3-15-6-4-8-17(14-15)19-13-5-7-16-9-11-18(2)12-10-16/h4,6,8,14,16H,3,5,7,9-13H2,1-2H3. The molecule has 1 saturated heterocycles. The van der Waals surface area contributed by atoms with Crippen LogP contribution >= 0.6 is 0 Å². The summed E-state index contributed by atoms with van der Waals surface area (Å²) in [6.07, 6.45) is 6.31. The van der Waals surface area contributed by atoms with E-state index in [9.17, 15) is 0 Å². The molecule has 0 spiro atoms. The molecule has 1 fully saturated rings. The smallest absolute Gasteiger partial charge is 0.119 e. The zero-order valence-electron chi connectivity index (χ0n) is 12.4. The Morgan fingerprint density at radius 3 is 2.79 bits per heavy atom. The highest BCUT2D eigenvalue weighted by Crippen LogP contribution is 2.21. The second-order valence-corrected chi connectivity index (χ2v) is 5.74. The molecular formula is C17H27NO. The molecule has 0 atom stereocenters. The first-order chi connectivity index (χ1) is 9.28. The summed E-state index contributed by atoms with van der Waals surface area (Å²) in [5.41, 5.74) is 1.35. The van der Waals surface area contributed by atoms with E-state index in [4.69, 9.17) is 4.74 Å². The van der Waals surface area contributed by atoms with E-state index in [0.29, 0.717) is 0 Å². The molecule has 2 heteroatoms. The lowest BCUT2D eigenvalue weighted by Gasteiger charge is -2.28. The van der Waals surface area contributed by atoms with Gasteiger partial charge in [0.2, 0.25) is 0 Å². The zero-order chi connectivity index (χ0) is 13.5. The van der Waals surface area contributed by atoms with Crippen molar-refractivity contribution in [2.45, 2.75) is 39.0 Å². The summed E-state index contributed by atoms with van der Waals surface area (Å²) >= 11 is 0. The van der Waals surface area contributed by atoms with E-state index < -0.39 is 0 Å². The van der Waals surface area contributed by atoms with Crippen molar-refractivity contribution in [3.05, 3.63) is 29.8 Å². The molecule has 19 heavy (non-hydrogen) atoms. The van der Waals surface area contributed by atoms with Crippen LogP contribution < -0.4 is 4.74 Å². The fourth-order valence-corrected chi connectivity index (χ4v) is 2.77. The monoisotopic (exact) mass is 261 g/mol. The van der Waals surface area contributed by atoms with E-state index >= 15 is 0 Å². The molecule has 0 aliphatic carbocycles. The Balaban J connectivity index is 1.63. The average Bonchev–Trinajstić information content (AvgIpc) is 2.46. The van der Waals surface area contributed by atoms with Gasteiger partial charge in [-0.15, -0.1) is 0 Å². The van der Waals surface area contributed by atoms with E-state index in [1.807, 2.05) is 0 Å². The minimum atomic E-state index is 0.861. The fourth-order valence-electron chi connectivity index (χ4n) is 2.77. The van der Waals surface area contributed by atoms with Crippen LogP contribution in [0.15, 0.2) is 24.3 Å².